The van der Waals surface area contributed by atoms with Crippen molar-refractivity contribution < 1.29 is 13.2 Å². The molecule has 98 valence electrons. The number of aromatic nitrogens is 4. The minimum Gasteiger partial charge on any atom is -0.249 e. The van der Waals surface area contributed by atoms with Crippen molar-refractivity contribution in [1.29, 1.82) is 0 Å². The Bertz CT molecular complexity index is 570. The zero-order valence-electron chi connectivity index (χ0n) is 9.99. The van der Waals surface area contributed by atoms with Gasteiger partial charge in [-0.05, 0) is 18.7 Å². The van der Waals surface area contributed by atoms with Crippen molar-refractivity contribution in [3.63, 3.8) is 0 Å². The number of hydrogen-bond acceptors (Lipinski definition) is 3. The lowest BCUT2D eigenvalue weighted by Gasteiger charge is -2.06. The summed E-state index contributed by atoms with van der Waals surface area (Å²) in [6.07, 6.45) is 0.379. The highest BCUT2D eigenvalue weighted by molar-refractivity contribution is 7.98. The van der Waals surface area contributed by atoms with Gasteiger partial charge in [-0.1, -0.05) is 0 Å². The van der Waals surface area contributed by atoms with Crippen LogP contribution < -0.4 is 0 Å². The molecular formula is C10H11F3N4S. The lowest BCUT2D eigenvalue weighted by molar-refractivity contribution is -0.143. The molecule has 4 nitrogen and oxygen atoms in total. The number of halogens is 3. The lowest BCUT2D eigenvalue weighted by atomic mass is 10.4. The third-order valence-corrected chi connectivity index (χ3v) is 3.16. The van der Waals surface area contributed by atoms with Gasteiger partial charge in [0, 0.05) is 13.2 Å². The molecule has 0 aliphatic heterocycles. The van der Waals surface area contributed by atoms with Crippen molar-refractivity contribution in [2.24, 2.45) is 7.05 Å². The predicted molar refractivity (Wildman–Crippen MR) is 61.9 cm³/mol. The first-order chi connectivity index (χ1) is 8.34. The van der Waals surface area contributed by atoms with E-state index in [0.717, 1.165) is 17.3 Å². The zero-order valence-corrected chi connectivity index (χ0v) is 10.8. The van der Waals surface area contributed by atoms with Crippen molar-refractivity contribution in [3.8, 4) is 5.82 Å². The Morgan fingerprint density at radius 3 is 2.44 bits per heavy atom. The maximum atomic E-state index is 12.8. The highest BCUT2D eigenvalue weighted by Gasteiger charge is 2.39. The molecule has 0 unspecified atom stereocenters. The van der Waals surface area contributed by atoms with Crippen molar-refractivity contribution in [1.82, 2.24) is 19.6 Å². The van der Waals surface area contributed by atoms with Gasteiger partial charge < -0.3 is 0 Å². The van der Waals surface area contributed by atoms with Gasteiger partial charge in [-0.2, -0.15) is 23.4 Å². The van der Waals surface area contributed by atoms with E-state index in [1.165, 1.54) is 16.4 Å². The first-order valence-corrected chi connectivity index (χ1v) is 6.27. The molecule has 18 heavy (non-hydrogen) atoms. The Labute approximate surface area is 106 Å². The van der Waals surface area contributed by atoms with E-state index in [1.807, 2.05) is 6.92 Å². The molecule has 0 bridgehead atoms. The third kappa shape index (κ3) is 2.12. The summed E-state index contributed by atoms with van der Waals surface area (Å²) in [5.74, 6) is 0.322. The highest BCUT2D eigenvalue weighted by atomic mass is 32.2. The maximum absolute atomic E-state index is 12.8. The van der Waals surface area contributed by atoms with Crippen LogP contribution in [0.1, 0.15) is 11.3 Å². The quantitative estimate of drug-likeness (QED) is 0.791. The van der Waals surface area contributed by atoms with Crippen LogP contribution in [-0.4, -0.2) is 25.8 Å². The molecule has 0 amide bonds. The van der Waals surface area contributed by atoms with E-state index in [9.17, 15) is 13.2 Å². The second kappa shape index (κ2) is 4.34. The average molecular weight is 276 g/mol. The Hall–Kier alpha value is -1.44. The van der Waals surface area contributed by atoms with Gasteiger partial charge in [-0.3, -0.25) is 0 Å². The zero-order chi connectivity index (χ0) is 13.5. The van der Waals surface area contributed by atoms with Crippen molar-refractivity contribution in [2.75, 3.05) is 6.26 Å². The van der Waals surface area contributed by atoms with Crippen LogP contribution in [0.15, 0.2) is 17.3 Å². The summed E-state index contributed by atoms with van der Waals surface area (Å²) in [6.45, 7) is 1.82. The lowest BCUT2D eigenvalue weighted by Crippen LogP contribution is -2.07. The molecule has 2 heterocycles. The molecule has 2 rings (SSSR count). The Kier molecular flexibility index (Phi) is 3.14. The largest absolute Gasteiger partial charge is 0.436 e. The van der Waals surface area contributed by atoms with E-state index < -0.39 is 11.9 Å². The number of hydrogen-bond donors (Lipinski definition) is 0. The van der Waals surface area contributed by atoms with E-state index in [-0.39, 0.29) is 4.90 Å². The third-order valence-electron chi connectivity index (χ3n) is 2.38. The number of thioether (sulfide) groups is 1. The van der Waals surface area contributed by atoms with Gasteiger partial charge in [0.1, 0.15) is 0 Å². The Balaban J connectivity index is 2.65. The van der Waals surface area contributed by atoms with Crippen molar-refractivity contribution in [3.05, 3.63) is 23.7 Å². The fraction of sp³-hybridized carbons (Fsp3) is 0.400. The van der Waals surface area contributed by atoms with Crippen LogP contribution in [0.4, 0.5) is 13.2 Å². The Morgan fingerprint density at radius 2 is 2.00 bits per heavy atom. The van der Waals surface area contributed by atoms with E-state index in [2.05, 4.69) is 10.2 Å². The van der Waals surface area contributed by atoms with Gasteiger partial charge in [0.15, 0.2) is 11.5 Å². The Morgan fingerprint density at radius 1 is 1.33 bits per heavy atom. The fourth-order valence-corrected chi connectivity index (χ4v) is 2.41. The molecule has 8 heteroatoms. The van der Waals surface area contributed by atoms with Gasteiger partial charge in [0.25, 0.3) is 0 Å². The molecule has 0 aliphatic carbocycles. The minimum atomic E-state index is -4.46. The highest BCUT2D eigenvalue weighted by Crippen LogP contribution is 2.38. The molecule has 2 aromatic heterocycles. The van der Waals surface area contributed by atoms with Gasteiger partial charge in [-0.25, -0.2) is 9.36 Å². The van der Waals surface area contributed by atoms with Gasteiger partial charge in [0.05, 0.1) is 11.1 Å². The molecule has 0 aliphatic rings. The van der Waals surface area contributed by atoms with Crippen molar-refractivity contribution >= 4 is 11.8 Å². The SMILES string of the molecule is CSc1c(C(F)(F)F)nn(C)c1-n1cc(C)cn1. The molecule has 0 spiro atoms. The first-order valence-electron chi connectivity index (χ1n) is 5.04. The van der Waals surface area contributed by atoms with Gasteiger partial charge in [-0.15, -0.1) is 11.8 Å². The first kappa shape index (κ1) is 13.0. The molecule has 0 fully saturated rings. The van der Waals surface area contributed by atoms with E-state index in [1.54, 1.807) is 18.6 Å². The molecule has 0 aromatic carbocycles. The van der Waals surface area contributed by atoms with Crippen LogP contribution in [-0.2, 0) is 13.2 Å². The minimum absolute atomic E-state index is 0.0769. The molecule has 0 N–H and O–H groups in total. The smallest absolute Gasteiger partial charge is 0.249 e. The van der Waals surface area contributed by atoms with E-state index in [4.69, 9.17) is 0 Å². The van der Waals surface area contributed by atoms with Crippen LogP contribution in [0.3, 0.4) is 0 Å². The second-order valence-electron chi connectivity index (χ2n) is 3.79. The molecule has 0 atom stereocenters. The van der Waals surface area contributed by atoms with Crippen LogP contribution in [0.5, 0.6) is 0 Å². The summed E-state index contributed by atoms with van der Waals surface area (Å²) in [5, 5.41) is 7.57. The summed E-state index contributed by atoms with van der Waals surface area (Å²) >= 11 is 1.01. The predicted octanol–water partition coefficient (Wildman–Crippen LogP) is 2.65. The summed E-state index contributed by atoms with van der Waals surface area (Å²) < 4.78 is 41.1. The summed E-state index contributed by atoms with van der Waals surface area (Å²) in [7, 11) is 1.47. The molecule has 2 aromatic rings. The van der Waals surface area contributed by atoms with E-state index in [0.29, 0.717) is 5.82 Å². The average Bonchev–Trinajstić information content (AvgIpc) is 2.80. The normalized spacial score (nSPS) is 12.1. The second-order valence-corrected chi connectivity index (χ2v) is 4.61. The van der Waals surface area contributed by atoms with Crippen LogP contribution >= 0.6 is 11.8 Å². The van der Waals surface area contributed by atoms with Gasteiger partial charge in [0.2, 0.25) is 0 Å². The van der Waals surface area contributed by atoms with E-state index >= 15 is 0 Å². The summed E-state index contributed by atoms with van der Waals surface area (Å²) in [5.41, 5.74) is -0.00235. The van der Waals surface area contributed by atoms with Crippen LogP contribution in [0.2, 0.25) is 0 Å². The van der Waals surface area contributed by atoms with Gasteiger partial charge >= 0.3 is 6.18 Å². The molecule has 0 saturated carbocycles. The molecule has 0 saturated heterocycles. The van der Waals surface area contributed by atoms with Crippen molar-refractivity contribution in [2.45, 2.75) is 18.0 Å². The number of rotatable bonds is 2. The molecule has 0 radical (unpaired) electrons. The maximum Gasteiger partial charge on any atom is 0.436 e. The standard InChI is InChI=1S/C10H11F3N4S/c1-6-4-14-17(5-6)9-7(18-3)8(10(11,12)13)15-16(9)2/h4-5H,1-3H3. The number of aryl methyl sites for hydroxylation is 2. The fourth-order valence-electron chi connectivity index (χ4n) is 1.65. The number of nitrogens with zero attached hydrogens (tertiary/aromatic N) is 4. The number of alkyl halides is 3. The van der Waals surface area contributed by atoms with Crippen LogP contribution in [0.25, 0.3) is 5.82 Å². The molecular weight excluding hydrogens is 265 g/mol. The topological polar surface area (TPSA) is 35.6 Å². The summed E-state index contributed by atoms with van der Waals surface area (Å²) in [6, 6.07) is 0. The van der Waals surface area contributed by atoms with Crippen LogP contribution in [0, 0.1) is 6.92 Å². The monoisotopic (exact) mass is 276 g/mol. The summed E-state index contributed by atoms with van der Waals surface area (Å²) in [4.78, 5) is 0.0769.